The Hall–Kier alpha value is -0.860. The summed E-state index contributed by atoms with van der Waals surface area (Å²) in [6.07, 6.45) is 4.89. The van der Waals surface area contributed by atoms with Crippen molar-refractivity contribution in [1.29, 1.82) is 0 Å². The van der Waals surface area contributed by atoms with Crippen LogP contribution < -0.4 is 0 Å². The number of benzene rings is 1. The average molecular weight is 218 g/mol. The second-order valence-electron chi connectivity index (χ2n) is 4.89. The van der Waals surface area contributed by atoms with Crippen LogP contribution in [-0.2, 0) is 16.1 Å². The van der Waals surface area contributed by atoms with E-state index < -0.39 is 0 Å². The fourth-order valence-corrected chi connectivity index (χ4v) is 2.56. The summed E-state index contributed by atoms with van der Waals surface area (Å²) >= 11 is 0. The molecule has 0 N–H and O–H groups in total. The minimum absolute atomic E-state index is 0.569. The van der Waals surface area contributed by atoms with Gasteiger partial charge in [0, 0.05) is 6.61 Å². The van der Waals surface area contributed by atoms with Gasteiger partial charge in [0.1, 0.15) is 0 Å². The van der Waals surface area contributed by atoms with E-state index in [4.69, 9.17) is 9.47 Å². The van der Waals surface area contributed by atoms with Crippen molar-refractivity contribution in [2.45, 2.75) is 38.1 Å². The fourth-order valence-electron chi connectivity index (χ4n) is 2.56. The number of epoxide rings is 1. The predicted molar refractivity (Wildman–Crippen MR) is 62.1 cm³/mol. The van der Waals surface area contributed by atoms with E-state index in [1.165, 1.54) is 24.8 Å². The van der Waals surface area contributed by atoms with E-state index in [2.05, 4.69) is 24.3 Å². The Balaban J connectivity index is 1.40. The van der Waals surface area contributed by atoms with Crippen LogP contribution in [0.15, 0.2) is 30.3 Å². The van der Waals surface area contributed by atoms with Gasteiger partial charge in [-0.2, -0.15) is 0 Å². The maximum atomic E-state index is 5.77. The SMILES string of the molecule is c1ccc(COC[C@@H]2CC[C@H]3O[C@H]3C2)cc1. The third kappa shape index (κ3) is 2.45. The van der Waals surface area contributed by atoms with Crippen molar-refractivity contribution in [3.8, 4) is 0 Å². The highest BCUT2D eigenvalue weighted by Gasteiger charge is 2.43. The van der Waals surface area contributed by atoms with E-state index in [0.717, 1.165) is 13.2 Å². The van der Waals surface area contributed by atoms with Gasteiger partial charge in [0.25, 0.3) is 0 Å². The molecule has 3 rings (SSSR count). The molecule has 1 aromatic carbocycles. The van der Waals surface area contributed by atoms with Gasteiger partial charge in [-0.1, -0.05) is 30.3 Å². The average Bonchev–Trinajstić information content (AvgIpc) is 3.09. The van der Waals surface area contributed by atoms with E-state index in [1.807, 2.05) is 6.07 Å². The highest BCUT2D eigenvalue weighted by molar-refractivity contribution is 5.13. The first-order chi connectivity index (χ1) is 7.92. The minimum atomic E-state index is 0.569. The third-order valence-electron chi connectivity index (χ3n) is 3.58. The lowest BCUT2D eigenvalue weighted by Crippen LogP contribution is -2.18. The van der Waals surface area contributed by atoms with Crippen molar-refractivity contribution < 1.29 is 9.47 Å². The molecule has 0 bridgehead atoms. The molecule has 3 atom stereocenters. The van der Waals surface area contributed by atoms with Gasteiger partial charge in [0.2, 0.25) is 0 Å². The van der Waals surface area contributed by atoms with E-state index in [0.29, 0.717) is 18.1 Å². The van der Waals surface area contributed by atoms with Crippen LogP contribution in [0, 0.1) is 5.92 Å². The molecular formula is C14H18O2. The first-order valence-electron chi connectivity index (χ1n) is 6.19. The van der Waals surface area contributed by atoms with Crippen LogP contribution >= 0.6 is 0 Å². The molecule has 2 heteroatoms. The van der Waals surface area contributed by atoms with E-state index in [-0.39, 0.29) is 0 Å². The van der Waals surface area contributed by atoms with Crippen molar-refractivity contribution >= 4 is 0 Å². The summed E-state index contributed by atoms with van der Waals surface area (Å²) in [5.41, 5.74) is 1.26. The van der Waals surface area contributed by atoms with Crippen LogP contribution in [0.4, 0.5) is 0 Å². The summed E-state index contributed by atoms with van der Waals surface area (Å²) in [5.74, 6) is 0.715. The Bertz CT molecular complexity index is 336. The number of fused-ring (bicyclic) bond motifs is 1. The first kappa shape index (κ1) is 10.3. The third-order valence-corrected chi connectivity index (χ3v) is 3.58. The summed E-state index contributed by atoms with van der Waals surface area (Å²) in [5, 5.41) is 0. The van der Waals surface area contributed by atoms with Crippen molar-refractivity contribution in [2.75, 3.05) is 6.61 Å². The minimum Gasteiger partial charge on any atom is -0.376 e. The second kappa shape index (κ2) is 4.56. The summed E-state index contributed by atoms with van der Waals surface area (Å²) < 4.78 is 11.3. The van der Waals surface area contributed by atoms with Gasteiger partial charge in [0.05, 0.1) is 18.8 Å². The van der Waals surface area contributed by atoms with Crippen LogP contribution in [0.1, 0.15) is 24.8 Å². The van der Waals surface area contributed by atoms with Crippen molar-refractivity contribution in [3.05, 3.63) is 35.9 Å². The fraction of sp³-hybridized carbons (Fsp3) is 0.571. The lowest BCUT2D eigenvalue weighted by atomic mass is 9.90. The number of rotatable bonds is 4. The predicted octanol–water partition coefficient (Wildman–Crippen LogP) is 2.77. The smallest absolute Gasteiger partial charge is 0.0845 e. The molecule has 1 saturated heterocycles. The van der Waals surface area contributed by atoms with Gasteiger partial charge in [0.15, 0.2) is 0 Å². The lowest BCUT2D eigenvalue weighted by molar-refractivity contribution is 0.0765. The molecule has 2 aliphatic rings. The number of ether oxygens (including phenoxy) is 2. The molecule has 1 aliphatic carbocycles. The highest BCUT2D eigenvalue weighted by atomic mass is 16.6. The molecule has 2 fully saturated rings. The molecule has 1 heterocycles. The lowest BCUT2D eigenvalue weighted by Gasteiger charge is -2.18. The maximum absolute atomic E-state index is 5.77. The van der Waals surface area contributed by atoms with Crippen LogP contribution in [0.3, 0.4) is 0 Å². The summed E-state index contributed by atoms with van der Waals surface area (Å²) in [6.45, 7) is 1.63. The zero-order valence-corrected chi connectivity index (χ0v) is 9.47. The number of hydrogen-bond donors (Lipinski definition) is 0. The quantitative estimate of drug-likeness (QED) is 0.725. The molecule has 0 aromatic heterocycles. The standard InChI is InChI=1S/C14H18O2/c1-2-4-11(5-3-1)9-15-10-12-6-7-13-14(8-12)16-13/h1-5,12-14H,6-10H2/t12-,13-,14+/m1/s1. The maximum Gasteiger partial charge on any atom is 0.0845 e. The molecule has 0 spiro atoms. The molecule has 1 aromatic rings. The van der Waals surface area contributed by atoms with Gasteiger partial charge < -0.3 is 9.47 Å². The summed E-state index contributed by atoms with van der Waals surface area (Å²) in [4.78, 5) is 0. The van der Waals surface area contributed by atoms with E-state index in [9.17, 15) is 0 Å². The molecule has 0 radical (unpaired) electrons. The Kier molecular flexibility index (Phi) is 2.94. The summed E-state index contributed by atoms with van der Waals surface area (Å²) in [7, 11) is 0. The Labute approximate surface area is 96.6 Å². The van der Waals surface area contributed by atoms with Crippen molar-refractivity contribution in [3.63, 3.8) is 0 Å². The van der Waals surface area contributed by atoms with Gasteiger partial charge in [-0.05, 0) is 30.7 Å². The molecule has 0 unspecified atom stereocenters. The normalized spacial score (nSPS) is 32.1. The zero-order chi connectivity index (χ0) is 10.8. The molecule has 16 heavy (non-hydrogen) atoms. The van der Waals surface area contributed by atoms with Crippen LogP contribution in [0.5, 0.6) is 0 Å². The van der Waals surface area contributed by atoms with Crippen LogP contribution in [0.25, 0.3) is 0 Å². The van der Waals surface area contributed by atoms with E-state index in [1.54, 1.807) is 0 Å². The van der Waals surface area contributed by atoms with Crippen molar-refractivity contribution in [1.82, 2.24) is 0 Å². The molecule has 2 nitrogen and oxygen atoms in total. The first-order valence-corrected chi connectivity index (χ1v) is 6.19. The van der Waals surface area contributed by atoms with Gasteiger partial charge in [-0.3, -0.25) is 0 Å². The van der Waals surface area contributed by atoms with Gasteiger partial charge in [-0.25, -0.2) is 0 Å². The molecule has 1 saturated carbocycles. The van der Waals surface area contributed by atoms with Crippen LogP contribution in [0.2, 0.25) is 0 Å². The number of hydrogen-bond acceptors (Lipinski definition) is 2. The van der Waals surface area contributed by atoms with E-state index >= 15 is 0 Å². The molecular weight excluding hydrogens is 200 g/mol. The second-order valence-corrected chi connectivity index (χ2v) is 4.89. The van der Waals surface area contributed by atoms with Crippen LogP contribution in [-0.4, -0.2) is 18.8 Å². The molecule has 86 valence electrons. The summed E-state index contributed by atoms with van der Waals surface area (Å²) in [6, 6.07) is 10.4. The van der Waals surface area contributed by atoms with Gasteiger partial charge in [-0.15, -0.1) is 0 Å². The Morgan fingerprint density at radius 3 is 2.81 bits per heavy atom. The van der Waals surface area contributed by atoms with Crippen molar-refractivity contribution in [2.24, 2.45) is 5.92 Å². The highest BCUT2D eigenvalue weighted by Crippen LogP contribution is 2.39. The molecule has 1 aliphatic heterocycles. The Morgan fingerprint density at radius 2 is 2.00 bits per heavy atom. The topological polar surface area (TPSA) is 21.8 Å². The zero-order valence-electron chi connectivity index (χ0n) is 9.47. The van der Waals surface area contributed by atoms with Gasteiger partial charge >= 0.3 is 0 Å². The largest absolute Gasteiger partial charge is 0.376 e. The molecule has 0 amide bonds. The monoisotopic (exact) mass is 218 g/mol. The Morgan fingerprint density at radius 1 is 1.12 bits per heavy atom.